The highest BCUT2D eigenvalue weighted by Crippen LogP contribution is 2.16. The summed E-state index contributed by atoms with van der Waals surface area (Å²) in [5, 5.41) is 16.8. The van der Waals surface area contributed by atoms with E-state index in [1.165, 1.54) is 11.3 Å². The Morgan fingerprint density at radius 3 is 2.81 bits per heavy atom. The molecule has 0 bridgehead atoms. The number of hydrogen-bond donors (Lipinski definition) is 3. The third-order valence-corrected chi connectivity index (χ3v) is 3.54. The molecule has 0 aliphatic carbocycles. The van der Waals surface area contributed by atoms with Crippen LogP contribution in [0.25, 0.3) is 0 Å². The molecule has 0 unspecified atom stereocenters. The number of carbonyl (C=O) groups excluding carboxylic acids is 1. The van der Waals surface area contributed by atoms with E-state index in [-0.39, 0.29) is 12.5 Å². The summed E-state index contributed by atoms with van der Waals surface area (Å²) in [6, 6.07) is 6.82. The van der Waals surface area contributed by atoms with E-state index in [9.17, 15) is 9.59 Å². The Balaban J connectivity index is 1.92. The van der Waals surface area contributed by atoms with Gasteiger partial charge in [0.15, 0.2) is 0 Å². The van der Waals surface area contributed by atoms with Crippen LogP contribution in [-0.2, 0) is 17.8 Å². The maximum atomic E-state index is 11.8. The lowest BCUT2D eigenvalue weighted by molar-refractivity contribution is -0.136. The Hall–Kier alpha value is -2.41. The number of aliphatic carboxylic acids is 1. The molecular weight excluding hydrogens is 290 g/mol. The first-order valence-corrected chi connectivity index (χ1v) is 7.26. The van der Waals surface area contributed by atoms with Gasteiger partial charge in [0.25, 0.3) is 0 Å². The van der Waals surface area contributed by atoms with Gasteiger partial charge >= 0.3 is 12.0 Å². The zero-order valence-electron chi connectivity index (χ0n) is 11.2. The highest BCUT2D eigenvalue weighted by molar-refractivity contribution is 7.09. The van der Waals surface area contributed by atoms with Crippen LogP contribution >= 0.6 is 11.3 Å². The summed E-state index contributed by atoms with van der Waals surface area (Å²) in [7, 11) is 0. The molecule has 0 radical (unpaired) electrons. The van der Waals surface area contributed by atoms with Crippen LogP contribution in [0.5, 0.6) is 0 Å². The summed E-state index contributed by atoms with van der Waals surface area (Å²) in [6.07, 6.45) is 2.08. The second-order valence-electron chi connectivity index (χ2n) is 4.28. The van der Waals surface area contributed by atoms with Crippen molar-refractivity contribution in [1.29, 1.82) is 0 Å². The zero-order chi connectivity index (χ0) is 15.1. The molecule has 21 heavy (non-hydrogen) atoms. The molecule has 6 nitrogen and oxygen atoms in total. The first kappa shape index (κ1) is 15.0. The minimum absolute atomic E-state index is 0.0272. The highest BCUT2D eigenvalue weighted by Gasteiger charge is 2.08. The van der Waals surface area contributed by atoms with Crippen molar-refractivity contribution in [1.82, 2.24) is 10.3 Å². The van der Waals surface area contributed by atoms with Crippen LogP contribution in [0.1, 0.15) is 17.0 Å². The first-order valence-electron chi connectivity index (χ1n) is 6.38. The van der Waals surface area contributed by atoms with Gasteiger partial charge in [0.05, 0.1) is 6.54 Å². The van der Waals surface area contributed by atoms with Gasteiger partial charge in [-0.05, 0) is 18.1 Å². The zero-order valence-corrected chi connectivity index (χ0v) is 12.0. The summed E-state index contributed by atoms with van der Waals surface area (Å²) in [4.78, 5) is 26.5. The van der Waals surface area contributed by atoms with Gasteiger partial charge in [-0.3, -0.25) is 4.79 Å². The number of aryl methyl sites for hydroxylation is 1. The molecule has 0 aliphatic heterocycles. The normalized spacial score (nSPS) is 10.1. The standard InChI is InChI=1S/C14H15N3O3S/c18-13(19)6-5-10-3-1-2-4-11(10)17-14(20)16-9-12-15-7-8-21-12/h1-4,7-8H,5-6,9H2,(H,18,19)(H2,16,17,20). The molecule has 7 heteroatoms. The average Bonchev–Trinajstić information content (AvgIpc) is 2.97. The second kappa shape index (κ2) is 7.39. The van der Waals surface area contributed by atoms with E-state index in [2.05, 4.69) is 15.6 Å². The monoisotopic (exact) mass is 305 g/mol. The van der Waals surface area contributed by atoms with Crippen LogP contribution in [0.2, 0.25) is 0 Å². The number of hydrogen-bond acceptors (Lipinski definition) is 4. The Morgan fingerprint density at radius 2 is 2.10 bits per heavy atom. The van der Waals surface area contributed by atoms with Crippen LogP contribution in [0.15, 0.2) is 35.8 Å². The van der Waals surface area contributed by atoms with Gasteiger partial charge in [-0.2, -0.15) is 0 Å². The van der Waals surface area contributed by atoms with Crippen LogP contribution < -0.4 is 10.6 Å². The number of benzene rings is 1. The fraction of sp³-hybridized carbons (Fsp3) is 0.214. The van der Waals surface area contributed by atoms with E-state index >= 15 is 0 Å². The van der Waals surface area contributed by atoms with E-state index in [1.54, 1.807) is 24.4 Å². The van der Waals surface area contributed by atoms with Crippen molar-refractivity contribution in [2.24, 2.45) is 0 Å². The van der Waals surface area contributed by atoms with Crippen molar-refractivity contribution < 1.29 is 14.7 Å². The van der Waals surface area contributed by atoms with Gasteiger partial charge in [-0.25, -0.2) is 9.78 Å². The molecular formula is C14H15N3O3S. The number of carbonyl (C=O) groups is 2. The number of carboxylic acid groups (broad SMARTS) is 1. The van der Waals surface area contributed by atoms with Gasteiger partial charge in [-0.15, -0.1) is 11.3 Å². The number of aromatic nitrogens is 1. The largest absolute Gasteiger partial charge is 0.481 e. The molecule has 2 rings (SSSR count). The Morgan fingerprint density at radius 1 is 1.29 bits per heavy atom. The molecule has 0 fully saturated rings. The number of nitrogens with one attached hydrogen (secondary N) is 2. The molecule has 1 aromatic carbocycles. The minimum Gasteiger partial charge on any atom is -0.481 e. The molecule has 0 aliphatic rings. The summed E-state index contributed by atoms with van der Waals surface area (Å²) < 4.78 is 0. The van der Waals surface area contributed by atoms with E-state index in [0.717, 1.165) is 10.6 Å². The Labute approximate surface area is 125 Å². The summed E-state index contributed by atoms with van der Waals surface area (Å²) in [6.45, 7) is 0.362. The number of amides is 2. The maximum Gasteiger partial charge on any atom is 0.319 e. The van der Waals surface area contributed by atoms with Crippen LogP contribution in [-0.4, -0.2) is 22.1 Å². The average molecular weight is 305 g/mol. The summed E-state index contributed by atoms with van der Waals surface area (Å²) in [5.74, 6) is -0.863. The van der Waals surface area contributed by atoms with Crippen LogP contribution in [0.4, 0.5) is 10.5 Å². The van der Waals surface area contributed by atoms with Crippen molar-refractivity contribution in [3.63, 3.8) is 0 Å². The number of nitrogens with zero attached hydrogens (tertiary/aromatic N) is 1. The second-order valence-corrected chi connectivity index (χ2v) is 5.26. The quantitative estimate of drug-likeness (QED) is 0.764. The number of thiazole rings is 1. The summed E-state index contributed by atoms with van der Waals surface area (Å²) >= 11 is 1.47. The highest BCUT2D eigenvalue weighted by atomic mass is 32.1. The molecule has 0 saturated carbocycles. The molecule has 0 saturated heterocycles. The van der Waals surface area contributed by atoms with Crippen molar-refractivity contribution in [2.75, 3.05) is 5.32 Å². The van der Waals surface area contributed by atoms with Gasteiger partial charge in [-0.1, -0.05) is 18.2 Å². The van der Waals surface area contributed by atoms with Gasteiger partial charge in [0.2, 0.25) is 0 Å². The fourth-order valence-corrected chi connectivity index (χ4v) is 2.32. The Kier molecular flexibility index (Phi) is 5.28. The lowest BCUT2D eigenvalue weighted by Crippen LogP contribution is -2.28. The van der Waals surface area contributed by atoms with Crippen molar-refractivity contribution in [3.8, 4) is 0 Å². The van der Waals surface area contributed by atoms with Gasteiger partial charge in [0.1, 0.15) is 5.01 Å². The predicted octanol–water partition coefficient (Wildman–Crippen LogP) is 2.48. The number of para-hydroxylation sites is 1. The Bertz CT molecular complexity index is 614. The smallest absolute Gasteiger partial charge is 0.319 e. The van der Waals surface area contributed by atoms with E-state index in [4.69, 9.17) is 5.11 Å². The van der Waals surface area contributed by atoms with Gasteiger partial charge in [0, 0.05) is 23.7 Å². The molecule has 110 valence electrons. The maximum absolute atomic E-state index is 11.8. The summed E-state index contributed by atoms with van der Waals surface area (Å²) in [5.41, 5.74) is 1.42. The van der Waals surface area contributed by atoms with Crippen molar-refractivity contribution >= 4 is 29.0 Å². The van der Waals surface area contributed by atoms with E-state index in [1.807, 2.05) is 11.4 Å². The van der Waals surface area contributed by atoms with Crippen LogP contribution in [0, 0.1) is 0 Å². The van der Waals surface area contributed by atoms with Crippen LogP contribution in [0.3, 0.4) is 0 Å². The minimum atomic E-state index is -0.863. The lowest BCUT2D eigenvalue weighted by Gasteiger charge is -2.10. The van der Waals surface area contributed by atoms with Crippen molar-refractivity contribution in [3.05, 3.63) is 46.4 Å². The van der Waals surface area contributed by atoms with E-state index in [0.29, 0.717) is 18.7 Å². The van der Waals surface area contributed by atoms with Crippen molar-refractivity contribution in [2.45, 2.75) is 19.4 Å². The number of rotatable bonds is 6. The van der Waals surface area contributed by atoms with E-state index < -0.39 is 5.97 Å². The molecule has 0 atom stereocenters. The number of urea groups is 1. The number of anilines is 1. The molecule has 2 amide bonds. The topological polar surface area (TPSA) is 91.3 Å². The molecule has 3 N–H and O–H groups in total. The third kappa shape index (κ3) is 4.88. The number of carboxylic acids is 1. The predicted molar refractivity (Wildman–Crippen MR) is 80.4 cm³/mol. The molecule has 1 aromatic heterocycles. The molecule has 2 aromatic rings. The van der Waals surface area contributed by atoms with Gasteiger partial charge < -0.3 is 15.7 Å². The lowest BCUT2D eigenvalue weighted by atomic mass is 10.1. The fourth-order valence-electron chi connectivity index (χ4n) is 1.76. The first-order chi connectivity index (χ1) is 10.1. The molecule has 0 spiro atoms. The SMILES string of the molecule is O=C(O)CCc1ccccc1NC(=O)NCc1nccs1. The third-order valence-electron chi connectivity index (χ3n) is 2.76. The molecule has 1 heterocycles.